The Balaban J connectivity index is 1.56. The average molecular weight is 825 g/mol. The highest BCUT2D eigenvalue weighted by Gasteiger charge is 2.34. The lowest BCUT2D eigenvalue weighted by Gasteiger charge is -2.25. The van der Waals surface area contributed by atoms with E-state index in [0.717, 1.165) is 11.1 Å². The summed E-state index contributed by atoms with van der Waals surface area (Å²) in [5.41, 5.74) is 2.69. The quantitative estimate of drug-likeness (QED) is 0.151. The van der Waals surface area contributed by atoms with Crippen molar-refractivity contribution in [1.29, 1.82) is 0 Å². The molecule has 0 saturated heterocycles. The topological polar surface area (TPSA) is 88.4 Å². The third-order valence-electron chi connectivity index (χ3n) is 7.07. The summed E-state index contributed by atoms with van der Waals surface area (Å²) in [5.74, 6) is 1.08. The van der Waals surface area contributed by atoms with Crippen LogP contribution in [0.4, 0.5) is 0 Å². The predicted molar refractivity (Wildman–Crippen MR) is 192 cm³/mol. The molecule has 3 aromatic carbocycles. The van der Waals surface area contributed by atoms with Gasteiger partial charge in [-0.2, -0.15) is 0 Å². The Morgan fingerprint density at radius 1 is 1.06 bits per heavy atom. The van der Waals surface area contributed by atoms with E-state index in [-0.39, 0.29) is 30.5 Å². The van der Waals surface area contributed by atoms with Gasteiger partial charge in [0.15, 0.2) is 16.3 Å². The minimum Gasteiger partial charge on any atom is -0.493 e. The number of rotatable bonds is 10. The fraction of sp³-hybridized carbons (Fsp3) is 0.265. The molecule has 4 aromatic rings. The summed E-state index contributed by atoms with van der Waals surface area (Å²) < 4.78 is 26.4. The minimum absolute atomic E-state index is 0.0760. The molecule has 1 atom stereocenters. The van der Waals surface area contributed by atoms with Crippen molar-refractivity contribution in [2.45, 2.75) is 46.4 Å². The Labute approximate surface area is 302 Å². The van der Waals surface area contributed by atoms with E-state index in [4.69, 9.17) is 42.1 Å². The van der Waals surface area contributed by atoms with Gasteiger partial charge in [-0.25, -0.2) is 9.79 Å². The van der Waals surface area contributed by atoms with Gasteiger partial charge in [0.1, 0.15) is 12.4 Å². The molecule has 0 radical (unpaired) electrons. The van der Waals surface area contributed by atoms with E-state index in [2.05, 4.69) is 36.9 Å². The lowest BCUT2D eigenvalue weighted by atomic mass is 9.95. The fourth-order valence-electron chi connectivity index (χ4n) is 5.05. The van der Waals surface area contributed by atoms with Crippen molar-refractivity contribution in [2.75, 3.05) is 13.7 Å². The van der Waals surface area contributed by atoms with Crippen molar-refractivity contribution in [3.63, 3.8) is 0 Å². The van der Waals surface area contributed by atoms with Crippen molar-refractivity contribution in [3.8, 4) is 17.2 Å². The number of allylic oxidation sites excluding steroid dienone is 1. The number of esters is 1. The highest BCUT2D eigenvalue weighted by molar-refractivity contribution is 9.11. The second kappa shape index (κ2) is 15.0. The summed E-state index contributed by atoms with van der Waals surface area (Å²) >= 11 is 20.6. The van der Waals surface area contributed by atoms with Gasteiger partial charge in [0.25, 0.3) is 5.56 Å². The van der Waals surface area contributed by atoms with Gasteiger partial charge in [0.05, 0.1) is 60.7 Å². The molecule has 8 nitrogen and oxygen atoms in total. The number of hydrogen-bond donors (Lipinski definition) is 0. The van der Waals surface area contributed by atoms with E-state index in [1.807, 2.05) is 38.1 Å². The maximum absolute atomic E-state index is 14.1. The van der Waals surface area contributed by atoms with E-state index < -0.39 is 12.0 Å². The summed E-state index contributed by atoms with van der Waals surface area (Å²) in [6, 6.07) is 13.6. The summed E-state index contributed by atoms with van der Waals surface area (Å²) in [6.45, 7) is 7.77. The van der Waals surface area contributed by atoms with Crippen LogP contribution in [0.3, 0.4) is 0 Å². The summed E-state index contributed by atoms with van der Waals surface area (Å²) in [4.78, 5) is 32.6. The van der Waals surface area contributed by atoms with Crippen LogP contribution in [-0.4, -0.2) is 30.4 Å². The molecule has 1 aliphatic rings. The van der Waals surface area contributed by atoms with Gasteiger partial charge < -0.3 is 18.9 Å². The van der Waals surface area contributed by atoms with E-state index in [9.17, 15) is 9.59 Å². The first-order valence-corrected chi connectivity index (χ1v) is 17.7. The van der Waals surface area contributed by atoms with Crippen molar-refractivity contribution in [2.24, 2.45) is 4.99 Å². The molecular formula is C34H30Br2Cl2N2O6S. The summed E-state index contributed by atoms with van der Waals surface area (Å²) in [6.07, 6.45) is 1.70. The lowest BCUT2D eigenvalue weighted by Crippen LogP contribution is -2.40. The zero-order valence-corrected chi connectivity index (χ0v) is 31.5. The number of thiazole rings is 1. The molecule has 0 unspecified atom stereocenters. The van der Waals surface area contributed by atoms with Crippen LogP contribution >= 0.6 is 66.4 Å². The Kier molecular flexibility index (Phi) is 11.2. The maximum Gasteiger partial charge on any atom is 0.338 e. The zero-order chi connectivity index (χ0) is 34.0. The molecule has 13 heteroatoms. The van der Waals surface area contributed by atoms with Crippen LogP contribution in [0.2, 0.25) is 10.0 Å². The van der Waals surface area contributed by atoms with Gasteiger partial charge in [-0.1, -0.05) is 46.7 Å². The molecule has 0 saturated carbocycles. The molecule has 0 amide bonds. The second-order valence-corrected chi connectivity index (χ2v) is 14.3. The lowest BCUT2D eigenvalue weighted by molar-refractivity contribution is -0.139. The SMILES string of the molecule is CCOC(=O)C1=C(C)N=c2s/c(=C\c3cc(Br)c(OCc4ccc(Cl)c(Cl)c4)c(Br)c3)c(=O)n2[C@@H]1c1ccc(OC(C)C)c(OC)c1. The monoisotopic (exact) mass is 822 g/mol. The molecule has 0 spiro atoms. The number of halogens is 4. The highest BCUT2D eigenvalue weighted by atomic mass is 79.9. The molecule has 0 fully saturated rings. The number of carbonyl (C=O) groups excluding carboxylic acids is 1. The predicted octanol–water partition coefficient (Wildman–Crippen LogP) is 8.00. The van der Waals surface area contributed by atoms with Crippen LogP contribution in [0.1, 0.15) is 50.4 Å². The van der Waals surface area contributed by atoms with Crippen LogP contribution < -0.4 is 29.1 Å². The van der Waals surface area contributed by atoms with Crippen LogP contribution in [0.15, 0.2) is 78.5 Å². The second-order valence-electron chi connectivity index (χ2n) is 10.7. The molecule has 2 heterocycles. The van der Waals surface area contributed by atoms with Crippen LogP contribution in [0.5, 0.6) is 17.2 Å². The number of methoxy groups -OCH3 is 1. The first-order valence-electron chi connectivity index (χ1n) is 14.5. The Morgan fingerprint density at radius 2 is 1.79 bits per heavy atom. The van der Waals surface area contributed by atoms with Crippen LogP contribution in [0, 0.1) is 0 Å². The van der Waals surface area contributed by atoms with E-state index in [1.54, 1.807) is 51.3 Å². The number of nitrogens with zero attached hydrogens (tertiary/aromatic N) is 2. The first-order chi connectivity index (χ1) is 22.4. The van der Waals surface area contributed by atoms with Crippen LogP contribution in [0.25, 0.3) is 6.08 Å². The number of carbonyl (C=O) groups is 1. The molecular weight excluding hydrogens is 795 g/mol. The summed E-state index contributed by atoms with van der Waals surface area (Å²) in [7, 11) is 1.55. The Morgan fingerprint density at radius 3 is 2.43 bits per heavy atom. The van der Waals surface area contributed by atoms with Gasteiger partial charge in [-0.05, 0) is 119 Å². The van der Waals surface area contributed by atoms with Crippen LogP contribution in [-0.2, 0) is 16.1 Å². The van der Waals surface area contributed by atoms with E-state index >= 15 is 0 Å². The van der Waals surface area contributed by atoms with Gasteiger partial charge in [0.2, 0.25) is 0 Å². The van der Waals surface area contributed by atoms with Gasteiger partial charge in [-0.15, -0.1) is 0 Å². The normalized spacial score (nSPS) is 14.6. The van der Waals surface area contributed by atoms with Gasteiger partial charge in [-0.3, -0.25) is 9.36 Å². The number of aromatic nitrogens is 1. The number of fused-ring (bicyclic) bond motifs is 1. The van der Waals surface area contributed by atoms with Crippen molar-refractivity contribution < 1.29 is 23.7 Å². The molecule has 0 aliphatic carbocycles. The Bertz CT molecular complexity index is 2050. The highest BCUT2D eigenvalue weighted by Crippen LogP contribution is 2.38. The Hall–Kier alpha value is -3.09. The smallest absolute Gasteiger partial charge is 0.338 e. The molecule has 1 aliphatic heterocycles. The number of benzene rings is 3. The third-order valence-corrected chi connectivity index (χ3v) is 9.97. The molecule has 0 N–H and O–H groups in total. The van der Waals surface area contributed by atoms with Gasteiger partial charge >= 0.3 is 5.97 Å². The summed E-state index contributed by atoms with van der Waals surface area (Å²) in [5, 5.41) is 0.922. The standard InChI is InChI=1S/C34H30Br2Cl2N2O6S/c1-6-44-33(42)29-18(4)39-34-40(30(29)21-8-10-26(46-17(2)3)27(15-21)43-5)32(41)28(47-34)14-20-11-22(35)31(23(36)12-20)45-16-19-7-9-24(37)25(38)13-19/h7-15,17,30H,6,16H2,1-5H3/b28-14-/t30-/m1/s1. The zero-order valence-electron chi connectivity index (χ0n) is 26.0. The molecule has 47 heavy (non-hydrogen) atoms. The largest absolute Gasteiger partial charge is 0.493 e. The molecule has 5 rings (SSSR count). The number of ether oxygens (including phenoxy) is 4. The molecule has 0 bridgehead atoms. The molecule has 246 valence electrons. The van der Waals surface area contributed by atoms with E-state index in [0.29, 0.717) is 56.8 Å². The van der Waals surface area contributed by atoms with Crippen molar-refractivity contribution in [3.05, 3.63) is 115 Å². The third kappa shape index (κ3) is 7.65. The molecule has 1 aromatic heterocycles. The van der Waals surface area contributed by atoms with Gasteiger partial charge in [0, 0.05) is 0 Å². The number of hydrogen-bond acceptors (Lipinski definition) is 8. The van der Waals surface area contributed by atoms with E-state index in [1.165, 1.54) is 15.9 Å². The maximum atomic E-state index is 14.1. The average Bonchev–Trinajstić information content (AvgIpc) is 3.31. The first kappa shape index (κ1) is 35.2. The van der Waals surface area contributed by atoms with Crippen molar-refractivity contribution in [1.82, 2.24) is 4.57 Å². The van der Waals surface area contributed by atoms with Crippen molar-refractivity contribution >= 4 is 78.4 Å². The minimum atomic E-state index is -0.801. The fourth-order valence-corrected chi connectivity index (χ4v) is 7.87.